The van der Waals surface area contributed by atoms with E-state index >= 15 is 0 Å². The fraction of sp³-hybridized carbons (Fsp3) is 0.0714. The number of carboxylic acid groups (broad SMARTS) is 1. The minimum atomic E-state index is -1.27. The molecule has 0 aliphatic rings. The highest BCUT2D eigenvalue weighted by molar-refractivity contribution is 8.04. The van der Waals surface area contributed by atoms with Crippen molar-refractivity contribution < 1.29 is 14.8 Å². The molecule has 0 aliphatic carbocycles. The van der Waals surface area contributed by atoms with E-state index in [9.17, 15) is 20.0 Å². The highest BCUT2D eigenvalue weighted by atomic mass is 32.2. The van der Waals surface area contributed by atoms with Gasteiger partial charge in [-0.25, -0.2) is 0 Å². The van der Waals surface area contributed by atoms with Crippen molar-refractivity contribution in [2.45, 2.75) is 11.8 Å². The van der Waals surface area contributed by atoms with Crippen molar-refractivity contribution in [1.29, 1.82) is 0 Å². The van der Waals surface area contributed by atoms with Crippen LogP contribution in [0.15, 0.2) is 46.2 Å². The lowest BCUT2D eigenvalue weighted by molar-refractivity contribution is -0.384. The molecule has 0 spiro atoms. The van der Waals surface area contributed by atoms with Crippen molar-refractivity contribution in [2.24, 2.45) is 0 Å². The van der Waals surface area contributed by atoms with Gasteiger partial charge in [0.2, 0.25) is 0 Å². The molecular formula is C14H10NO4S2-. The highest BCUT2D eigenvalue weighted by Crippen LogP contribution is 2.30. The Morgan fingerprint density at radius 1 is 1.24 bits per heavy atom. The van der Waals surface area contributed by atoms with Crippen LogP contribution in [0.4, 0.5) is 5.69 Å². The van der Waals surface area contributed by atoms with Crippen LogP contribution in [0, 0.1) is 17.0 Å². The van der Waals surface area contributed by atoms with E-state index in [0.29, 0.717) is 4.90 Å². The summed E-state index contributed by atoms with van der Waals surface area (Å²) < 4.78 is 0. The van der Waals surface area contributed by atoms with Crippen molar-refractivity contribution in [2.75, 3.05) is 0 Å². The number of carboxylic acids is 1. The molecule has 0 atom stereocenters. The summed E-state index contributed by atoms with van der Waals surface area (Å²) in [6.07, 6.45) is 1.54. The van der Waals surface area contributed by atoms with E-state index in [1.54, 1.807) is 6.08 Å². The van der Waals surface area contributed by atoms with Gasteiger partial charge in [0.1, 0.15) is 0 Å². The molecule has 0 fully saturated rings. The minimum Gasteiger partial charge on any atom is -0.544 e. The van der Waals surface area contributed by atoms with Crippen molar-refractivity contribution >= 4 is 40.8 Å². The topological polar surface area (TPSA) is 83.3 Å². The lowest BCUT2D eigenvalue weighted by Crippen LogP contribution is -2.22. The third-order valence-electron chi connectivity index (χ3n) is 2.51. The molecule has 2 aromatic rings. The van der Waals surface area contributed by atoms with Crippen LogP contribution in [0.2, 0.25) is 0 Å². The number of aliphatic carboxylic acids is 1. The highest BCUT2D eigenvalue weighted by Gasteiger charge is 2.07. The number of nitrogens with zero attached hydrogens (tertiary/aromatic N) is 1. The Bertz CT molecular complexity index is 704. The maximum absolute atomic E-state index is 11.2. The number of nitro benzene ring substituents is 1. The average molecular weight is 320 g/mol. The fourth-order valence-electron chi connectivity index (χ4n) is 1.55. The second-order valence-electron chi connectivity index (χ2n) is 4.10. The zero-order valence-corrected chi connectivity index (χ0v) is 12.6. The van der Waals surface area contributed by atoms with Crippen LogP contribution in [-0.4, -0.2) is 10.9 Å². The van der Waals surface area contributed by atoms with Gasteiger partial charge >= 0.3 is 0 Å². The number of rotatable bonds is 5. The van der Waals surface area contributed by atoms with Crippen molar-refractivity contribution in [3.63, 3.8) is 0 Å². The van der Waals surface area contributed by atoms with Gasteiger partial charge in [0.05, 0.1) is 10.9 Å². The van der Waals surface area contributed by atoms with Crippen molar-refractivity contribution in [3.05, 3.63) is 61.2 Å². The Kier molecular flexibility index (Phi) is 4.77. The van der Waals surface area contributed by atoms with Crippen LogP contribution in [0.1, 0.15) is 9.75 Å². The van der Waals surface area contributed by atoms with Crippen LogP contribution in [-0.2, 0) is 4.79 Å². The van der Waals surface area contributed by atoms with Gasteiger partial charge in [-0.15, -0.1) is 11.3 Å². The van der Waals surface area contributed by atoms with Gasteiger partial charge < -0.3 is 9.90 Å². The Labute approximate surface area is 129 Å². The molecule has 1 aromatic heterocycles. The Morgan fingerprint density at radius 2 is 1.90 bits per heavy atom. The molecule has 7 heteroatoms. The maximum Gasteiger partial charge on any atom is 0.269 e. The fourth-order valence-corrected chi connectivity index (χ4v) is 3.24. The van der Waals surface area contributed by atoms with Gasteiger partial charge in [-0.1, -0.05) is 11.8 Å². The number of thiophene rings is 1. The van der Waals surface area contributed by atoms with Gasteiger partial charge in [-0.2, -0.15) is 0 Å². The van der Waals surface area contributed by atoms with E-state index < -0.39 is 10.9 Å². The maximum atomic E-state index is 11.2. The van der Waals surface area contributed by atoms with Gasteiger partial charge in [0.15, 0.2) is 0 Å². The Balaban J connectivity index is 2.22. The summed E-state index contributed by atoms with van der Waals surface area (Å²) in [6.45, 7) is 1.93. The predicted octanol–water partition coefficient (Wildman–Crippen LogP) is 2.85. The SMILES string of the molecule is Cc1ccc(/C=C(/Sc2ccc([N+](=O)[O-])cc2)C(=O)[O-])s1. The lowest BCUT2D eigenvalue weighted by atomic mass is 10.3. The quantitative estimate of drug-likeness (QED) is 0.366. The van der Waals surface area contributed by atoms with E-state index in [4.69, 9.17) is 0 Å². The number of non-ortho nitro benzene ring substituents is 1. The molecule has 108 valence electrons. The number of benzene rings is 1. The van der Waals surface area contributed by atoms with Crippen LogP contribution < -0.4 is 5.11 Å². The molecule has 0 saturated carbocycles. The molecule has 0 unspecified atom stereocenters. The second-order valence-corrected chi connectivity index (χ2v) is 6.53. The van der Waals surface area contributed by atoms with E-state index in [0.717, 1.165) is 21.5 Å². The summed E-state index contributed by atoms with van der Waals surface area (Å²) in [5, 5.41) is 21.8. The van der Waals surface area contributed by atoms with Gasteiger partial charge in [0.25, 0.3) is 5.69 Å². The Morgan fingerprint density at radius 3 is 2.38 bits per heavy atom. The van der Waals surface area contributed by atoms with E-state index in [2.05, 4.69) is 0 Å². The number of nitro groups is 1. The summed E-state index contributed by atoms with van der Waals surface area (Å²) in [7, 11) is 0. The number of aryl methyl sites for hydroxylation is 1. The summed E-state index contributed by atoms with van der Waals surface area (Å²) in [4.78, 5) is 23.8. The lowest BCUT2D eigenvalue weighted by Gasteiger charge is -2.07. The molecule has 0 amide bonds. The summed E-state index contributed by atoms with van der Waals surface area (Å²) in [6, 6.07) is 9.44. The number of thioether (sulfide) groups is 1. The first-order chi connectivity index (χ1) is 9.95. The number of hydrogen-bond acceptors (Lipinski definition) is 6. The van der Waals surface area contributed by atoms with Crippen LogP contribution >= 0.6 is 23.1 Å². The second kappa shape index (κ2) is 6.55. The first-order valence-electron chi connectivity index (χ1n) is 5.87. The van der Waals surface area contributed by atoms with Gasteiger partial charge in [-0.3, -0.25) is 10.1 Å². The summed E-state index contributed by atoms with van der Waals surface area (Å²) >= 11 is 2.48. The standard InChI is InChI=1S/C14H11NO4S2/c1-9-2-5-12(20-9)8-13(14(16)17)21-11-6-3-10(4-7-11)15(18)19/h2-8H,1H3,(H,16,17)/p-1/b13-8+. The molecule has 2 rings (SSSR count). The first-order valence-corrected chi connectivity index (χ1v) is 7.51. The van der Waals surface area contributed by atoms with Gasteiger partial charge in [0, 0.05) is 31.7 Å². The van der Waals surface area contributed by atoms with E-state index in [1.165, 1.54) is 35.6 Å². The molecule has 0 N–H and O–H groups in total. The smallest absolute Gasteiger partial charge is 0.269 e. The third kappa shape index (κ3) is 4.17. The Hall–Kier alpha value is -2.12. The van der Waals surface area contributed by atoms with Crippen LogP contribution in [0.5, 0.6) is 0 Å². The number of carbonyl (C=O) groups excluding carboxylic acids is 1. The molecular weight excluding hydrogens is 310 g/mol. The van der Waals surface area contributed by atoms with Crippen molar-refractivity contribution in [1.82, 2.24) is 0 Å². The minimum absolute atomic E-state index is 0.0350. The van der Waals surface area contributed by atoms with Crippen molar-refractivity contribution in [3.8, 4) is 0 Å². The zero-order valence-electron chi connectivity index (χ0n) is 10.9. The molecule has 0 saturated heterocycles. The molecule has 1 aromatic carbocycles. The molecule has 0 aliphatic heterocycles. The molecule has 21 heavy (non-hydrogen) atoms. The number of carbonyl (C=O) groups is 1. The predicted molar refractivity (Wildman–Crippen MR) is 81.0 cm³/mol. The van der Waals surface area contributed by atoms with E-state index in [1.807, 2.05) is 19.1 Å². The average Bonchev–Trinajstić information content (AvgIpc) is 2.84. The summed E-state index contributed by atoms with van der Waals surface area (Å²) in [5.74, 6) is -1.27. The van der Waals surface area contributed by atoms with Crippen LogP contribution in [0.25, 0.3) is 6.08 Å². The summed E-state index contributed by atoms with van der Waals surface area (Å²) in [5.41, 5.74) is -0.0350. The third-order valence-corrected chi connectivity index (χ3v) is 4.47. The molecule has 0 bridgehead atoms. The molecule has 0 radical (unpaired) electrons. The molecule has 5 nitrogen and oxygen atoms in total. The number of hydrogen-bond donors (Lipinski definition) is 0. The van der Waals surface area contributed by atoms with E-state index in [-0.39, 0.29) is 10.6 Å². The largest absolute Gasteiger partial charge is 0.544 e. The monoisotopic (exact) mass is 320 g/mol. The van der Waals surface area contributed by atoms with Crippen LogP contribution in [0.3, 0.4) is 0 Å². The molecule has 1 heterocycles. The first kappa shape index (κ1) is 15.3. The zero-order chi connectivity index (χ0) is 15.4. The van der Waals surface area contributed by atoms with Gasteiger partial charge in [-0.05, 0) is 37.3 Å². The normalized spacial score (nSPS) is 11.4.